The van der Waals surface area contributed by atoms with E-state index in [1.54, 1.807) is 47.5 Å². The van der Waals surface area contributed by atoms with E-state index in [4.69, 9.17) is 16.3 Å². The maximum absolute atomic E-state index is 12.5. The SMILES string of the molecule is CN(CCOc1ccc(Cl)cc1)C(=O)CSCc1nc2sc3c(c2c(=O)[nH]1)CCC3. The lowest BCUT2D eigenvalue weighted by atomic mass is 10.2. The van der Waals surface area contributed by atoms with Gasteiger partial charge in [0.05, 0.1) is 23.4 Å². The number of thioether (sulfide) groups is 1. The fourth-order valence-corrected chi connectivity index (χ4v) is 5.65. The number of H-pyrrole nitrogens is 1. The van der Waals surface area contributed by atoms with Crippen LogP contribution in [0.3, 0.4) is 0 Å². The molecule has 0 aliphatic heterocycles. The van der Waals surface area contributed by atoms with Crippen LogP contribution >= 0.6 is 34.7 Å². The van der Waals surface area contributed by atoms with Gasteiger partial charge in [0.25, 0.3) is 5.56 Å². The smallest absolute Gasteiger partial charge is 0.259 e. The molecule has 6 nitrogen and oxygen atoms in total. The fourth-order valence-electron chi connectivity index (χ4n) is 3.42. The number of aryl methyl sites for hydroxylation is 2. The van der Waals surface area contributed by atoms with Gasteiger partial charge in [-0.2, -0.15) is 0 Å². The lowest BCUT2D eigenvalue weighted by Gasteiger charge is -2.17. The van der Waals surface area contributed by atoms with Crippen molar-refractivity contribution in [2.24, 2.45) is 0 Å². The van der Waals surface area contributed by atoms with Crippen LogP contribution in [-0.2, 0) is 23.4 Å². The lowest BCUT2D eigenvalue weighted by Crippen LogP contribution is -2.32. The van der Waals surface area contributed by atoms with E-state index in [0.29, 0.717) is 35.5 Å². The monoisotopic (exact) mass is 463 g/mol. The molecule has 0 spiro atoms. The molecule has 2 aromatic heterocycles. The largest absolute Gasteiger partial charge is 0.492 e. The minimum atomic E-state index is -0.0576. The van der Waals surface area contributed by atoms with E-state index in [0.717, 1.165) is 35.2 Å². The summed E-state index contributed by atoms with van der Waals surface area (Å²) in [5.41, 5.74) is 1.12. The quantitative estimate of drug-likeness (QED) is 0.548. The highest BCUT2D eigenvalue weighted by Gasteiger charge is 2.21. The summed E-state index contributed by atoms with van der Waals surface area (Å²) in [5, 5.41) is 1.42. The molecule has 0 fully saturated rings. The summed E-state index contributed by atoms with van der Waals surface area (Å²) in [6, 6.07) is 7.13. The second kappa shape index (κ2) is 9.41. The fraction of sp³-hybridized carbons (Fsp3) is 0.381. The summed E-state index contributed by atoms with van der Waals surface area (Å²) in [5.74, 6) is 2.17. The molecule has 0 bridgehead atoms. The Morgan fingerprint density at radius 3 is 2.93 bits per heavy atom. The number of nitrogens with one attached hydrogen (secondary N) is 1. The van der Waals surface area contributed by atoms with Crippen LogP contribution in [0, 0.1) is 0 Å². The van der Waals surface area contributed by atoms with Crippen LogP contribution in [0.1, 0.15) is 22.7 Å². The van der Waals surface area contributed by atoms with Crippen LogP contribution in [0.2, 0.25) is 5.02 Å². The highest BCUT2D eigenvalue weighted by atomic mass is 35.5. The first-order valence-electron chi connectivity index (χ1n) is 9.75. The number of benzene rings is 1. The van der Waals surface area contributed by atoms with Crippen molar-refractivity contribution in [3.63, 3.8) is 0 Å². The minimum absolute atomic E-state index is 0.0123. The summed E-state index contributed by atoms with van der Waals surface area (Å²) in [6.45, 7) is 0.896. The number of rotatable bonds is 8. The summed E-state index contributed by atoms with van der Waals surface area (Å²) in [6.07, 6.45) is 3.13. The van der Waals surface area contributed by atoms with Gasteiger partial charge in [-0.05, 0) is 49.1 Å². The van der Waals surface area contributed by atoms with Crippen LogP contribution in [0.4, 0.5) is 0 Å². The molecule has 9 heteroatoms. The van der Waals surface area contributed by atoms with Crippen LogP contribution in [-0.4, -0.2) is 46.7 Å². The second-order valence-corrected chi connectivity index (χ2v) is 9.67. The normalized spacial score (nSPS) is 12.9. The molecular formula is C21H22ClN3O3S2. The zero-order chi connectivity index (χ0) is 21.1. The Labute approximate surface area is 187 Å². The van der Waals surface area contributed by atoms with Gasteiger partial charge in [0.15, 0.2) is 0 Å². The van der Waals surface area contributed by atoms with Crippen LogP contribution in [0.5, 0.6) is 5.75 Å². The molecule has 0 radical (unpaired) electrons. The number of carbonyl (C=O) groups is 1. The molecule has 0 atom stereocenters. The van der Waals surface area contributed by atoms with Crippen molar-refractivity contribution in [2.45, 2.75) is 25.0 Å². The number of ether oxygens (including phenoxy) is 1. The lowest BCUT2D eigenvalue weighted by molar-refractivity contribution is -0.127. The molecule has 0 saturated carbocycles. The predicted molar refractivity (Wildman–Crippen MR) is 123 cm³/mol. The molecule has 1 aliphatic carbocycles. The standard InChI is InChI=1S/C21H22ClN3O3S2/c1-25(9-10-28-14-7-5-13(22)6-8-14)18(26)12-29-11-17-23-20(27)19-15-3-2-4-16(15)30-21(19)24-17/h5-8H,2-4,9-12H2,1H3,(H,23,24,27). The molecule has 1 amide bonds. The Morgan fingerprint density at radius 1 is 1.33 bits per heavy atom. The molecule has 158 valence electrons. The maximum atomic E-state index is 12.5. The molecule has 1 aliphatic rings. The van der Waals surface area contributed by atoms with Crippen molar-refractivity contribution >= 4 is 50.8 Å². The summed E-state index contributed by atoms with van der Waals surface area (Å²) >= 11 is 8.93. The van der Waals surface area contributed by atoms with Gasteiger partial charge in [0.1, 0.15) is 23.0 Å². The summed E-state index contributed by atoms with van der Waals surface area (Å²) in [7, 11) is 1.76. The van der Waals surface area contributed by atoms with E-state index in [2.05, 4.69) is 9.97 Å². The summed E-state index contributed by atoms with van der Waals surface area (Å²) < 4.78 is 5.63. The van der Waals surface area contributed by atoms with E-state index < -0.39 is 0 Å². The van der Waals surface area contributed by atoms with Crippen molar-refractivity contribution in [1.82, 2.24) is 14.9 Å². The van der Waals surface area contributed by atoms with Crippen molar-refractivity contribution in [1.29, 1.82) is 0 Å². The number of aromatic amines is 1. The number of fused-ring (bicyclic) bond motifs is 3. The van der Waals surface area contributed by atoms with Crippen molar-refractivity contribution in [2.75, 3.05) is 26.0 Å². The number of aromatic nitrogens is 2. The van der Waals surface area contributed by atoms with Gasteiger partial charge in [0.2, 0.25) is 5.91 Å². The van der Waals surface area contributed by atoms with Gasteiger partial charge in [-0.1, -0.05) is 11.6 Å². The average molecular weight is 464 g/mol. The van der Waals surface area contributed by atoms with Gasteiger partial charge >= 0.3 is 0 Å². The van der Waals surface area contributed by atoms with Gasteiger partial charge in [-0.15, -0.1) is 23.1 Å². The van der Waals surface area contributed by atoms with Crippen LogP contribution < -0.4 is 10.3 Å². The zero-order valence-electron chi connectivity index (χ0n) is 16.6. The predicted octanol–water partition coefficient (Wildman–Crippen LogP) is 3.90. The highest BCUT2D eigenvalue weighted by molar-refractivity contribution is 7.99. The average Bonchev–Trinajstić information content (AvgIpc) is 3.30. The Kier molecular flexibility index (Phi) is 6.65. The Morgan fingerprint density at radius 2 is 2.13 bits per heavy atom. The number of hydrogen-bond acceptors (Lipinski definition) is 6. The maximum Gasteiger partial charge on any atom is 0.259 e. The molecule has 30 heavy (non-hydrogen) atoms. The minimum Gasteiger partial charge on any atom is -0.492 e. The number of halogens is 1. The Bertz CT molecular complexity index is 1110. The number of carbonyl (C=O) groups excluding carboxylic acids is 1. The Hall–Kier alpha value is -2.03. The van der Waals surface area contributed by atoms with E-state index >= 15 is 0 Å². The topological polar surface area (TPSA) is 75.3 Å². The van der Waals surface area contributed by atoms with Gasteiger partial charge < -0.3 is 14.6 Å². The van der Waals surface area contributed by atoms with Gasteiger partial charge in [-0.25, -0.2) is 4.98 Å². The molecule has 1 N–H and O–H groups in total. The van der Waals surface area contributed by atoms with E-state index in [1.807, 2.05) is 0 Å². The molecule has 4 rings (SSSR count). The number of thiophene rings is 1. The molecular weight excluding hydrogens is 442 g/mol. The van der Waals surface area contributed by atoms with Crippen LogP contribution in [0.15, 0.2) is 29.1 Å². The van der Waals surface area contributed by atoms with Crippen molar-refractivity contribution < 1.29 is 9.53 Å². The Balaban J connectivity index is 1.25. The third kappa shape index (κ3) is 4.82. The van der Waals surface area contributed by atoms with Crippen molar-refractivity contribution in [3.8, 4) is 5.75 Å². The van der Waals surface area contributed by atoms with Crippen LogP contribution in [0.25, 0.3) is 10.2 Å². The number of nitrogens with zero attached hydrogens (tertiary/aromatic N) is 2. The first kappa shape index (κ1) is 21.2. The molecule has 3 aromatic rings. The molecule has 0 saturated heterocycles. The second-order valence-electron chi connectivity index (χ2n) is 7.16. The number of likely N-dealkylation sites (N-methyl/N-ethyl adjacent to an activating group) is 1. The molecule has 2 heterocycles. The zero-order valence-corrected chi connectivity index (χ0v) is 19.0. The third-order valence-corrected chi connectivity index (χ3v) is 7.39. The van der Waals surface area contributed by atoms with E-state index in [-0.39, 0.29) is 11.5 Å². The highest BCUT2D eigenvalue weighted by Crippen LogP contribution is 2.34. The van der Waals surface area contributed by atoms with E-state index in [9.17, 15) is 9.59 Å². The first-order valence-corrected chi connectivity index (χ1v) is 12.1. The van der Waals surface area contributed by atoms with Crippen molar-refractivity contribution in [3.05, 3.63) is 55.9 Å². The molecule has 1 aromatic carbocycles. The van der Waals surface area contributed by atoms with Gasteiger partial charge in [0, 0.05) is 16.9 Å². The third-order valence-electron chi connectivity index (χ3n) is 5.02. The number of hydrogen-bond donors (Lipinski definition) is 1. The number of amides is 1. The van der Waals surface area contributed by atoms with Gasteiger partial charge in [-0.3, -0.25) is 9.59 Å². The van der Waals surface area contributed by atoms with E-state index in [1.165, 1.54) is 22.2 Å². The summed E-state index contributed by atoms with van der Waals surface area (Å²) in [4.78, 5) is 36.1. The first-order chi connectivity index (χ1) is 14.5. The molecule has 0 unspecified atom stereocenters.